The average molecular weight is 556 g/mol. The maximum absolute atomic E-state index is 13.4. The number of carbonyl (C=O) groups excluding carboxylic acids is 1. The van der Waals surface area contributed by atoms with Gasteiger partial charge in [0.25, 0.3) is 11.5 Å². The van der Waals surface area contributed by atoms with Crippen molar-refractivity contribution in [3.63, 3.8) is 0 Å². The summed E-state index contributed by atoms with van der Waals surface area (Å²) in [5.41, 5.74) is 4.01. The first-order valence-corrected chi connectivity index (χ1v) is 12.2. The molecule has 1 saturated heterocycles. The zero-order valence-electron chi connectivity index (χ0n) is 22.3. The molecule has 0 spiro atoms. The van der Waals surface area contributed by atoms with Gasteiger partial charge in [0.1, 0.15) is 23.0 Å². The van der Waals surface area contributed by atoms with Gasteiger partial charge in [0.15, 0.2) is 0 Å². The van der Waals surface area contributed by atoms with Crippen LogP contribution in [-0.4, -0.2) is 34.1 Å². The standard InChI is InChI=1S/C27H28F3N7O3/c1-5-16(3)21(18-7-17(10-31)23(33-12-18)37-14-26(4,15-37)35-40)9-20(11-32)34-24(38)19-8-22(27(28,29)30)25(39)36(6-2)13-19/h5,7-9,11-13H,6,14-15,32H2,1-4H3,(H,34,38)/b16-5-,20-11+,21-9+. The van der Waals surface area contributed by atoms with Crippen molar-refractivity contribution < 1.29 is 18.0 Å². The Bertz CT molecular complexity index is 1530. The van der Waals surface area contributed by atoms with Gasteiger partial charge in [0.2, 0.25) is 0 Å². The Morgan fingerprint density at radius 3 is 2.52 bits per heavy atom. The second kappa shape index (κ2) is 11.6. The number of hydrogen-bond acceptors (Lipinski definition) is 8. The number of aromatic nitrogens is 2. The summed E-state index contributed by atoms with van der Waals surface area (Å²) in [5.74, 6) is -0.506. The minimum Gasteiger partial charge on any atom is -0.403 e. The van der Waals surface area contributed by atoms with Crippen molar-refractivity contribution in [1.29, 1.82) is 5.26 Å². The van der Waals surface area contributed by atoms with Gasteiger partial charge in [0, 0.05) is 43.8 Å². The van der Waals surface area contributed by atoms with Gasteiger partial charge in [-0.25, -0.2) is 4.98 Å². The Morgan fingerprint density at radius 2 is 2.00 bits per heavy atom. The molecule has 2 aromatic heterocycles. The monoisotopic (exact) mass is 555 g/mol. The fourth-order valence-electron chi connectivity index (χ4n) is 4.19. The van der Waals surface area contributed by atoms with Gasteiger partial charge in [-0.1, -0.05) is 11.3 Å². The van der Waals surface area contributed by atoms with E-state index in [1.54, 1.807) is 37.8 Å². The zero-order valence-corrected chi connectivity index (χ0v) is 22.3. The van der Waals surface area contributed by atoms with E-state index in [9.17, 15) is 32.9 Å². The van der Waals surface area contributed by atoms with E-state index in [1.165, 1.54) is 19.2 Å². The summed E-state index contributed by atoms with van der Waals surface area (Å²) in [6.45, 7) is 7.33. The average Bonchev–Trinajstić information content (AvgIpc) is 2.92. The fraction of sp³-hybridized carbons (Fsp3) is 0.333. The van der Waals surface area contributed by atoms with Crippen LogP contribution in [0, 0.1) is 16.2 Å². The van der Waals surface area contributed by atoms with Crippen LogP contribution in [0.25, 0.3) is 5.57 Å². The lowest BCUT2D eigenvalue weighted by Gasteiger charge is -2.43. The molecule has 40 heavy (non-hydrogen) atoms. The van der Waals surface area contributed by atoms with Gasteiger partial charge in [-0.05, 0) is 57.0 Å². The van der Waals surface area contributed by atoms with Crippen molar-refractivity contribution in [3.05, 3.63) is 91.7 Å². The quantitative estimate of drug-likeness (QED) is 0.369. The maximum atomic E-state index is 13.4. The number of aryl methyl sites for hydroxylation is 1. The molecule has 3 heterocycles. The van der Waals surface area contributed by atoms with Crippen molar-refractivity contribution in [2.24, 2.45) is 10.9 Å². The number of nitriles is 1. The van der Waals surface area contributed by atoms with E-state index >= 15 is 0 Å². The van der Waals surface area contributed by atoms with Crippen LogP contribution in [0.4, 0.5) is 19.0 Å². The number of nitroso groups, excluding NO2 is 1. The first-order valence-electron chi connectivity index (χ1n) is 12.2. The highest BCUT2D eigenvalue weighted by atomic mass is 19.4. The van der Waals surface area contributed by atoms with E-state index < -0.39 is 28.7 Å². The van der Waals surface area contributed by atoms with Gasteiger partial charge in [-0.2, -0.15) is 23.3 Å². The van der Waals surface area contributed by atoms with Crippen molar-refractivity contribution >= 4 is 17.3 Å². The summed E-state index contributed by atoms with van der Waals surface area (Å²) in [7, 11) is 0. The molecule has 0 radical (unpaired) electrons. The number of allylic oxidation sites excluding steroid dienone is 4. The molecule has 210 valence electrons. The molecule has 0 aliphatic carbocycles. The molecule has 2 aromatic rings. The van der Waals surface area contributed by atoms with Crippen LogP contribution in [0.5, 0.6) is 0 Å². The van der Waals surface area contributed by atoms with Crippen molar-refractivity contribution in [3.8, 4) is 6.07 Å². The topological polar surface area (TPSA) is 146 Å². The summed E-state index contributed by atoms with van der Waals surface area (Å²) in [5, 5.41) is 15.4. The third-order valence-electron chi connectivity index (χ3n) is 6.47. The molecule has 1 fully saturated rings. The molecule has 0 aromatic carbocycles. The summed E-state index contributed by atoms with van der Waals surface area (Å²) >= 11 is 0. The summed E-state index contributed by atoms with van der Waals surface area (Å²) in [4.78, 5) is 42.3. The number of nitrogens with two attached hydrogens (primary N) is 1. The number of nitrogens with zero attached hydrogens (tertiary/aromatic N) is 5. The second-order valence-electron chi connectivity index (χ2n) is 9.49. The molecule has 3 rings (SSSR count). The highest BCUT2D eigenvalue weighted by Crippen LogP contribution is 2.33. The van der Waals surface area contributed by atoms with Crippen LogP contribution in [0.3, 0.4) is 0 Å². The molecular weight excluding hydrogens is 527 g/mol. The van der Waals surface area contributed by atoms with E-state index in [0.717, 1.165) is 22.5 Å². The number of amides is 1. The SMILES string of the molecule is C\C=C(C)/C(=C\C(=C/N)NC(=O)c1cc(C(F)(F)F)c(=O)n(CC)c1)c1cnc(N2CC(C)(N=O)C2)c(C#N)c1. The lowest BCUT2D eigenvalue weighted by Crippen LogP contribution is -2.59. The molecular formula is C27H28F3N7O3. The minimum atomic E-state index is -4.94. The number of anilines is 1. The number of halogens is 3. The summed E-state index contributed by atoms with van der Waals surface area (Å²) in [6.07, 6.45) is 1.99. The molecule has 0 saturated carbocycles. The molecule has 1 aliphatic rings. The highest BCUT2D eigenvalue weighted by molar-refractivity contribution is 5.96. The molecule has 1 amide bonds. The third kappa shape index (κ3) is 6.12. The Balaban J connectivity index is 1.97. The fourth-order valence-corrected chi connectivity index (χ4v) is 4.19. The van der Waals surface area contributed by atoms with Gasteiger partial charge in [-0.15, -0.1) is 0 Å². The van der Waals surface area contributed by atoms with E-state index in [4.69, 9.17) is 5.73 Å². The van der Waals surface area contributed by atoms with Gasteiger partial charge >= 0.3 is 6.18 Å². The molecule has 13 heteroatoms. The van der Waals surface area contributed by atoms with Crippen LogP contribution < -0.4 is 21.5 Å². The Kier molecular flexibility index (Phi) is 8.62. The van der Waals surface area contributed by atoms with E-state index in [2.05, 4.69) is 21.5 Å². The minimum absolute atomic E-state index is 0.0576. The van der Waals surface area contributed by atoms with Crippen molar-refractivity contribution in [2.75, 3.05) is 18.0 Å². The van der Waals surface area contributed by atoms with Gasteiger partial charge in [0.05, 0.1) is 16.8 Å². The molecule has 0 atom stereocenters. The van der Waals surface area contributed by atoms with Crippen LogP contribution in [0.15, 0.2) is 64.1 Å². The zero-order chi connectivity index (χ0) is 29.8. The number of hydrogen-bond donors (Lipinski definition) is 2. The Morgan fingerprint density at radius 1 is 1.32 bits per heavy atom. The number of rotatable bonds is 8. The normalized spacial score (nSPS) is 15.8. The van der Waals surface area contributed by atoms with E-state index in [0.29, 0.717) is 36.1 Å². The van der Waals surface area contributed by atoms with Crippen LogP contribution in [-0.2, 0) is 12.7 Å². The number of nitrogens with one attached hydrogen (secondary N) is 1. The second-order valence-corrected chi connectivity index (χ2v) is 9.49. The Labute approximate surface area is 228 Å². The highest BCUT2D eigenvalue weighted by Gasteiger charge is 2.42. The predicted octanol–water partition coefficient (Wildman–Crippen LogP) is 4.08. The van der Waals surface area contributed by atoms with Crippen LogP contribution in [0.1, 0.15) is 54.7 Å². The lowest BCUT2D eigenvalue weighted by atomic mass is 9.92. The van der Waals surface area contributed by atoms with Crippen LogP contribution >= 0.6 is 0 Å². The third-order valence-corrected chi connectivity index (χ3v) is 6.47. The van der Waals surface area contributed by atoms with E-state index in [1.807, 2.05) is 0 Å². The van der Waals surface area contributed by atoms with Gasteiger partial charge < -0.3 is 20.5 Å². The Hall–Kier alpha value is -4.73. The summed E-state index contributed by atoms with van der Waals surface area (Å²) in [6, 6.07) is 4.22. The first-order chi connectivity index (χ1) is 18.8. The lowest BCUT2D eigenvalue weighted by molar-refractivity contribution is -0.139. The number of carbonyl (C=O) groups is 1. The summed E-state index contributed by atoms with van der Waals surface area (Å²) < 4.78 is 41.0. The molecule has 0 bridgehead atoms. The molecule has 0 unspecified atom stereocenters. The number of alkyl halides is 3. The smallest absolute Gasteiger partial charge is 0.403 e. The number of pyridine rings is 2. The predicted molar refractivity (Wildman–Crippen MR) is 144 cm³/mol. The van der Waals surface area contributed by atoms with Crippen molar-refractivity contribution in [1.82, 2.24) is 14.9 Å². The van der Waals surface area contributed by atoms with Gasteiger partial charge in [-0.3, -0.25) is 9.59 Å². The maximum Gasteiger partial charge on any atom is 0.421 e. The molecule has 3 N–H and O–H groups in total. The van der Waals surface area contributed by atoms with Crippen molar-refractivity contribution in [2.45, 2.75) is 46.0 Å². The van der Waals surface area contributed by atoms with E-state index in [-0.39, 0.29) is 23.4 Å². The molecule has 1 aliphatic heterocycles. The largest absolute Gasteiger partial charge is 0.421 e. The first kappa shape index (κ1) is 29.8. The molecule has 10 nitrogen and oxygen atoms in total. The van der Waals surface area contributed by atoms with Crippen LogP contribution in [0.2, 0.25) is 0 Å².